The van der Waals surface area contributed by atoms with E-state index in [4.69, 9.17) is 4.74 Å². The molecule has 0 saturated carbocycles. The Balaban J connectivity index is 1.93. The highest BCUT2D eigenvalue weighted by molar-refractivity contribution is 7.13. The molecule has 0 fully saturated rings. The zero-order valence-electron chi connectivity index (χ0n) is 14.9. The topological polar surface area (TPSA) is 80.3 Å². The molecule has 1 aromatic carbocycles. The SMILES string of the molecule is CCNC(=O)NC(=O)COc1ccc(-c2nc(C(C)(C)C)cs2)cc1. The van der Waals surface area contributed by atoms with Crippen molar-refractivity contribution in [2.24, 2.45) is 0 Å². The zero-order valence-corrected chi connectivity index (χ0v) is 15.7. The molecule has 25 heavy (non-hydrogen) atoms. The summed E-state index contributed by atoms with van der Waals surface area (Å²) in [4.78, 5) is 27.5. The van der Waals surface area contributed by atoms with Crippen molar-refractivity contribution < 1.29 is 14.3 Å². The van der Waals surface area contributed by atoms with Gasteiger partial charge in [0.1, 0.15) is 10.8 Å². The third kappa shape index (κ3) is 5.56. The lowest BCUT2D eigenvalue weighted by molar-refractivity contribution is -0.122. The minimum Gasteiger partial charge on any atom is -0.484 e. The molecule has 3 amide bonds. The van der Waals surface area contributed by atoms with Crippen LogP contribution in [0.4, 0.5) is 4.79 Å². The fourth-order valence-corrected chi connectivity index (χ4v) is 3.01. The molecule has 2 aromatic rings. The first-order valence-electron chi connectivity index (χ1n) is 8.06. The molecule has 0 atom stereocenters. The number of aromatic nitrogens is 1. The number of rotatable bonds is 5. The quantitative estimate of drug-likeness (QED) is 0.856. The molecule has 2 rings (SSSR count). The molecule has 0 aliphatic carbocycles. The molecule has 7 heteroatoms. The van der Waals surface area contributed by atoms with Crippen LogP contribution >= 0.6 is 11.3 Å². The first-order valence-corrected chi connectivity index (χ1v) is 8.94. The molecule has 0 spiro atoms. The number of carbonyl (C=O) groups is 2. The van der Waals surface area contributed by atoms with Crippen molar-refractivity contribution in [1.29, 1.82) is 0 Å². The number of hydrogen-bond donors (Lipinski definition) is 2. The van der Waals surface area contributed by atoms with Crippen molar-refractivity contribution in [3.05, 3.63) is 35.3 Å². The van der Waals surface area contributed by atoms with Gasteiger partial charge in [0.05, 0.1) is 5.69 Å². The molecule has 1 aromatic heterocycles. The second-order valence-electron chi connectivity index (χ2n) is 6.51. The Labute approximate surface area is 151 Å². The first kappa shape index (κ1) is 18.9. The Hall–Kier alpha value is -2.41. The second-order valence-corrected chi connectivity index (χ2v) is 7.37. The smallest absolute Gasteiger partial charge is 0.321 e. The summed E-state index contributed by atoms with van der Waals surface area (Å²) >= 11 is 1.60. The van der Waals surface area contributed by atoms with Gasteiger partial charge in [0.2, 0.25) is 0 Å². The van der Waals surface area contributed by atoms with Gasteiger partial charge in [-0.2, -0.15) is 0 Å². The van der Waals surface area contributed by atoms with Gasteiger partial charge < -0.3 is 10.1 Å². The van der Waals surface area contributed by atoms with Crippen molar-refractivity contribution >= 4 is 23.3 Å². The predicted molar refractivity (Wildman–Crippen MR) is 99.0 cm³/mol. The van der Waals surface area contributed by atoms with Gasteiger partial charge in [-0.05, 0) is 31.2 Å². The van der Waals surface area contributed by atoms with Crippen molar-refractivity contribution in [1.82, 2.24) is 15.6 Å². The molecule has 0 unspecified atom stereocenters. The maximum Gasteiger partial charge on any atom is 0.321 e. The highest BCUT2D eigenvalue weighted by Crippen LogP contribution is 2.30. The third-order valence-electron chi connectivity index (χ3n) is 3.33. The van der Waals surface area contributed by atoms with Gasteiger partial charge in [-0.3, -0.25) is 10.1 Å². The van der Waals surface area contributed by atoms with E-state index in [1.54, 1.807) is 30.4 Å². The van der Waals surface area contributed by atoms with Crippen LogP contribution in [0.1, 0.15) is 33.4 Å². The van der Waals surface area contributed by atoms with Gasteiger partial charge in [0.25, 0.3) is 5.91 Å². The summed E-state index contributed by atoms with van der Waals surface area (Å²) < 4.78 is 5.39. The molecule has 2 N–H and O–H groups in total. The van der Waals surface area contributed by atoms with E-state index >= 15 is 0 Å². The molecule has 0 aliphatic rings. The van der Waals surface area contributed by atoms with Crippen LogP contribution in [0.15, 0.2) is 29.6 Å². The van der Waals surface area contributed by atoms with Crippen molar-refractivity contribution in [3.8, 4) is 16.3 Å². The van der Waals surface area contributed by atoms with Crippen LogP contribution in [0.5, 0.6) is 5.75 Å². The number of thiazole rings is 1. The maximum absolute atomic E-state index is 11.6. The average Bonchev–Trinajstić information content (AvgIpc) is 3.04. The van der Waals surface area contributed by atoms with E-state index in [9.17, 15) is 9.59 Å². The Kier molecular flexibility index (Phi) is 6.14. The third-order valence-corrected chi connectivity index (χ3v) is 4.23. The lowest BCUT2D eigenvalue weighted by Crippen LogP contribution is -2.41. The second kappa shape index (κ2) is 8.11. The van der Waals surface area contributed by atoms with Gasteiger partial charge in [-0.1, -0.05) is 20.8 Å². The van der Waals surface area contributed by atoms with E-state index in [0.717, 1.165) is 16.3 Å². The number of nitrogens with zero attached hydrogens (tertiary/aromatic N) is 1. The highest BCUT2D eigenvalue weighted by atomic mass is 32.1. The summed E-state index contributed by atoms with van der Waals surface area (Å²) in [5, 5.41) is 7.69. The standard InChI is InChI=1S/C18H23N3O3S/c1-5-19-17(23)21-15(22)10-24-13-8-6-12(7-9-13)16-20-14(11-25-16)18(2,3)4/h6-9,11H,5,10H2,1-4H3,(H2,19,21,22,23). The summed E-state index contributed by atoms with van der Waals surface area (Å²) in [5.74, 6) is 0.0622. The molecule has 1 heterocycles. The molecule has 134 valence electrons. The highest BCUT2D eigenvalue weighted by Gasteiger charge is 2.18. The minimum atomic E-state index is -0.523. The number of carbonyl (C=O) groups excluding carboxylic acids is 2. The van der Waals surface area contributed by atoms with Crippen molar-refractivity contribution in [2.75, 3.05) is 13.2 Å². The van der Waals surface area contributed by atoms with E-state index in [1.165, 1.54) is 0 Å². The van der Waals surface area contributed by atoms with Crippen LogP contribution in [0.25, 0.3) is 10.6 Å². The number of hydrogen-bond acceptors (Lipinski definition) is 5. The monoisotopic (exact) mass is 361 g/mol. The molecular formula is C18H23N3O3S. The van der Waals surface area contributed by atoms with Gasteiger partial charge >= 0.3 is 6.03 Å². The Morgan fingerprint density at radius 2 is 1.88 bits per heavy atom. The maximum atomic E-state index is 11.6. The van der Waals surface area contributed by atoms with Crippen LogP contribution in [0.2, 0.25) is 0 Å². The summed E-state index contributed by atoms with van der Waals surface area (Å²) in [5.41, 5.74) is 2.09. The average molecular weight is 361 g/mol. The van der Waals surface area contributed by atoms with Crippen LogP contribution in [-0.2, 0) is 10.2 Å². The number of benzene rings is 1. The Bertz CT molecular complexity index is 733. The van der Waals surface area contributed by atoms with E-state index in [1.807, 2.05) is 12.1 Å². The van der Waals surface area contributed by atoms with Gasteiger partial charge in [-0.15, -0.1) is 11.3 Å². The Morgan fingerprint density at radius 1 is 1.20 bits per heavy atom. The van der Waals surface area contributed by atoms with Crippen LogP contribution in [-0.4, -0.2) is 30.1 Å². The summed E-state index contributed by atoms with van der Waals surface area (Å²) in [6.07, 6.45) is 0. The number of nitrogens with one attached hydrogen (secondary N) is 2. The van der Waals surface area contributed by atoms with Crippen molar-refractivity contribution in [3.63, 3.8) is 0 Å². The van der Waals surface area contributed by atoms with Gasteiger partial charge in [0.15, 0.2) is 6.61 Å². The predicted octanol–water partition coefficient (Wildman–Crippen LogP) is 3.33. The molecule has 6 nitrogen and oxygen atoms in total. The van der Waals surface area contributed by atoms with Crippen LogP contribution < -0.4 is 15.4 Å². The van der Waals surface area contributed by atoms with E-state index in [2.05, 4.69) is 41.8 Å². The van der Waals surface area contributed by atoms with E-state index < -0.39 is 11.9 Å². The lowest BCUT2D eigenvalue weighted by atomic mass is 9.93. The van der Waals surface area contributed by atoms with Gasteiger partial charge in [0, 0.05) is 22.9 Å². The van der Waals surface area contributed by atoms with E-state index in [0.29, 0.717) is 12.3 Å². The normalized spacial score (nSPS) is 11.0. The van der Waals surface area contributed by atoms with E-state index in [-0.39, 0.29) is 12.0 Å². The summed E-state index contributed by atoms with van der Waals surface area (Å²) in [6, 6.07) is 6.86. The summed E-state index contributed by atoms with van der Waals surface area (Å²) in [6.45, 7) is 8.41. The van der Waals surface area contributed by atoms with Crippen molar-refractivity contribution in [2.45, 2.75) is 33.1 Å². The number of urea groups is 1. The van der Waals surface area contributed by atoms with Crippen LogP contribution in [0, 0.1) is 0 Å². The van der Waals surface area contributed by atoms with Crippen LogP contribution in [0.3, 0.4) is 0 Å². The molecule has 0 bridgehead atoms. The molecular weight excluding hydrogens is 338 g/mol. The molecule has 0 saturated heterocycles. The first-order chi connectivity index (χ1) is 11.8. The summed E-state index contributed by atoms with van der Waals surface area (Å²) in [7, 11) is 0. The number of ether oxygens (including phenoxy) is 1. The number of imide groups is 1. The fourth-order valence-electron chi connectivity index (χ4n) is 1.96. The van der Waals surface area contributed by atoms with Gasteiger partial charge in [-0.25, -0.2) is 9.78 Å². The molecule has 0 aliphatic heterocycles. The number of amides is 3. The lowest BCUT2D eigenvalue weighted by Gasteiger charge is -2.14. The zero-order chi connectivity index (χ0) is 18.4. The Morgan fingerprint density at radius 3 is 2.44 bits per heavy atom. The largest absolute Gasteiger partial charge is 0.484 e. The minimum absolute atomic E-state index is 0.0230. The fraction of sp³-hybridized carbons (Fsp3) is 0.389. The molecule has 0 radical (unpaired) electrons.